The van der Waals surface area contributed by atoms with E-state index in [4.69, 9.17) is 0 Å². The van der Waals surface area contributed by atoms with E-state index in [2.05, 4.69) is 15.9 Å². The Balaban J connectivity index is 3.17. The second kappa shape index (κ2) is 4.96. The van der Waals surface area contributed by atoms with Gasteiger partial charge in [-0.1, -0.05) is 15.9 Å². The van der Waals surface area contributed by atoms with Gasteiger partial charge in [-0.25, -0.2) is 0 Å². The zero-order chi connectivity index (χ0) is 11.6. The van der Waals surface area contributed by atoms with Crippen molar-refractivity contribution < 1.29 is 4.92 Å². The molecule has 4 nitrogen and oxygen atoms in total. The number of benzene rings is 1. The fourth-order valence-electron chi connectivity index (χ4n) is 1.09. The van der Waals surface area contributed by atoms with Crippen molar-refractivity contribution in [1.29, 1.82) is 0 Å². The molecule has 0 bridgehead atoms. The van der Waals surface area contributed by atoms with Gasteiger partial charge in [0.15, 0.2) is 0 Å². The van der Waals surface area contributed by atoms with Gasteiger partial charge in [0.1, 0.15) is 0 Å². The third kappa shape index (κ3) is 3.19. The van der Waals surface area contributed by atoms with Crippen LogP contribution in [0.3, 0.4) is 0 Å². The molecular weight excluding hydrogens is 280 g/mol. The zero-order valence-corrected chi connectivity index (χ0v) is 11.1. The highest BCUT2D eigenvalue weighted by Gasteiger charge is 2.15. The molecule has 0 aliphatic heterocycles. The Morgan fingerprint density at radius 1 is 1.47 bits per heavy atom. The van der Waals surface area contributed by atoms with Crippen LogP contribution in [0.1, 0.15) is 5.56 Å². The van der Waals surface area contributed by atoms with Crippen molar-refractivity contribution in [1.82, 2.24) is 4.31 Å². The molecule has 0 aliphatic rings. The first-order valence-corrected chi connectivity index (χ1v) is 5.78. The molecule has 0 aromatic heterocycles. The van der Waals surface area contributed by atoms with E-state index >= 15 is 0 Å². The maximum Gasteiger partial charge on any atom is 0.274 e. The average Bonchev–Trinajstić information content (AvgIpc) is 2.09. The molecule has 0 radical (unpaired) electrons. The predicted octanol–water partition coefficient (Wildman–Crippen LogP) is 3.23. The third-order valence-corrected chi connectivity index (χ3v) is 3.41. The van der Waals surface area contributed by atoms with Crippen LogP contribution in [0.15, 0.2) is 21.5 Å². The number of nitrogens with zero attached hydrogens (tertiary/aromatic N) is 2. The molecule has 0 saturated heterocycles. The maximum absolute atomic E-state index is 10.8. The Morgan fingerprint density at radius 3 is 2.53 bits per heavy atom. The van der Waals surface area contributed by atoms with E-state index in [1.54, 1.807) is 13.0 Å². The highest BCUT2D eigenvalue weighted by molar-refractivity contribution is 9.10. The van der Waals surface area contributed by atoms with E-state index in [0.717, 1.165) is 9.37 Å². The van der Waals surface area contributed by atoms with Gasteiger partial charge in [-0.05, 0) is 39.0 Å². The predicted molar refractivity (Wildman–Crippen MR) is 65.1 cm³/mol. The lowest BCUT2D eigenvalue weighted by Crippen LogP contribution is -2.00. The fourth-order valence-corrected chi connectivity index (χ4v) is 2.45. The molecule has 0 N–H and O–H groups in total. The quantitative estimate of drug-likeness (QED) is 0.487. The van der Waals surface area contributed by atoms with Crippen molar-refractivity contribution in [2.75, 3.05) is 14.1 Å². The summed E-state index contributed by atoms with van der Waals surface area (Å²) in [5.41, 5.74) is 0.803. The molecule has 0 saturated carbocycles. The van der Waals surface area contributed by atoms with Crippen LogP contribution in [0.2, 0.25) is 0 Å². The van der Waals surface area contributed by atoms with E-state index in [1.165, 1.54) is 11.9 Å². The monoisotopic (exact) mass is 290 g/mol. The molecule has 0 atom stereocenters. The fraction of sp³-hybridized carbons (Fsp3) is 0.333. The first-order chi connectivity index (χ1) is 6.91. The second-order valence-corrected chi connectivity index (χ2v) is 5.45. The number of rotatable bonds is 3. The summed E-state index contributed by atoms with van der Waals surface area (Å²) < 4.78 is 2.65. The van der Waals surface area contributed by atoms with Gasteiger partial charge in [0, 0.05) is 21.0 Å². The van der Waals surface area contributed by atoms with Gasteiger partial charge in [-0.2, -0.15) is 0 Å². The minimum atomic E-state index is -0.361. The van der Waals surface area contributed by atoms with Gasteiger partial charge in [0.05, 0.1) is 4.92 Å². The first kappa shape index (κ1) is 12.5. The third-order valence-electron chi connectivity index (χ3n) is 1.78. The van der Waals surface area contributed by atoms with Crippen molar-refractivity contribution in [3.05, 3.63) is 32.3 Å². The van der Waals surface area contributed by atoms with Gasteiger partial charge < -0.3 is 0 Å². The Morgan fingerprint density at radius 2 is 2.07 bits per heavy atom. The van der Waals surface area contributed by atoms with Crippen LogP contribution in [-0.2, 0) is 0 Å². The van der Waals surface area contributed by atoms with Crippen LogP contribution in [0.4, 0.5) is 5.69 Å². The van der Waals surface area contributed by atoms with Crippen molar-refractivity contribution >= 4 is 33.6 Å². The van der Waals surface area contributed by atoms with Crippen LogP contribution in [0.5, 0.6) is 0 Å². The lowest BCUT2D eigenvalue weighted by atomic mass is 10.2. The smallest absolute Gasteiger partial charge is 0.258 e. The number of hydrogen-bond acceptors (Lipinski definition) is 4. The lowest BCUT2D eigenvalue weighted by Gasteiger charge is -2.09. The van der Waals surface area contributed by atoms with Gasteiger partial charge in [-0.3, -0.25) is 14.4 Å². The summed E-state index contributed by atoms with van der Waals surface area (Å²) in [7, 11) is 3.79. The molecule has 6 heteroatoms. The number of nitro benzene ring substituents is 1. The van der Waals surface area contributed by atoms with Crippen molar-refractivity contribution in [2.45, 2.75) is 11.8 Å². The normalized spacial score (nSPS) is 10.7. The molecule has 0 amide bonds. The van der Waals surface area contributed by atoms with Crippen LogP contribution in [-0.4, -0.2) is 23.3 Å². The zero-order valence-electron chi connectivity index (χ0n) is 8.65. The molecule has 0 fully saturated rings. The molecule has 82 valence electrons. The minimum absolute atomic E-state index is 0.147. The number of hydrogen-bond donors (Lipinski definition) is 0. The average molecular weight is 291 g/mol. The van der Waals surface area contributed by atoms with E-state index in [1.807, 2.05) is 24.5 Å². The summed E-state index contributed by atoms with van der Waals surface area (Å²) in [5, 5.41) is 10.8. The van der Waals surface area contributed by atoms with E-state index < -0.39 is 0 Å². The Bertz CT molecular complexity index is 396. The van der Waals surface area contributed by atoms with Crippen LogP contribution in [0, 0.1) is 17.0 Å². The van der Waals surface area contributed by atoms with Crippen LogP contribution in [0.25, 0.3) is 0 Å². The summed E-state index contributed by atoms with van der Waals surface area (Å²) in [6.07, 6.45) is 0. The van der Waals surface area contributed by atoms with Crippen LogP contribution < -0.4 is 0 Å². The molecule has 1 aromatic rings. The molecule has 1 aromatic carbocycles. The first-order valence-electron chi connectivity index (χ1n) is 4.21. The highest BCUT2D eigenvalue weighted by atomic mass is 79.9. The molecule has 0 unspecified atom stereocenters. The number of nitro groups is 1. The summed E-state index contributed by atoms with van der Waals surface area (Å²) in [4.78, 5) is 11.3. The van der Waals surface area contributed by atoms with E-state index in [0.29, 0.717) is 5.56 Å². The number of halogens is 1. The van der Waals surface area contributed by atoms with Gasteiger partial charge in [-0.15, -0.1) is 0 Å². The van der Waals surface area contributed by atoms with Gasteiger partial charge in [0.25, 0.3) is 5.69 Å². The summed E-state index contributed by atoms with van der Waals surface area (Å²) in [6.45, 7) is 1.73. The molecule has 15 heavy (non-hydrogen) atoms. The molecule has 1 rings (SSSR count). The topological polar surface area (TPSA) is 46.4 Å². The van der Waals surface area contributed by atoms with Crippen LogP contribution >= 0.6 is 27.9 Å². The molecule has 0 spiro atoms. The second-order valence-electron chi connectivity index (χ2n) is 3.21. The standard InChI is InChI=1S/C9H11BrN2O2S/c1-6-8(10)4-7(15-11(2)3)5-9(6)12(13)14/h4-5H,1-3H3. The van der Waals surface area contributed by atoms with Gasteiger partial charge >= 0.3 is 0 Å². The SMILES string of the molecule is Cc1c(Br)cc(SN(C)C)cc1[N+](=O)[O-]. The summed E-state index contributed by atoms with van der Waals surface area (Å²) in [6, 6.07) is 3.47. The molecule has 0 heterocycles. The van der Waals surface area contributed by atoms with Crippen molar-refractivity contribution in [3.63, 3.8) is 0 Å². The molecule has 0 aliphatic carbocycles. The largest absolute Gasteiger partial charge is 0.274 e. The van der Waals surface area contributed by atoms with E-state index in [-0.39, 0.29) is 10.6 Å². The Labute approximate surface area is 101 Å². The minimum Gasteiger partial charge on any atom is -0.258 e. The lowest BCUT2D eigenvalue weighted by molar-refractivity contribution is -0.385. The Hall–Kier alpha value is -0.590. The maximum atomic E-state index is 10.8. The summed E-state index contributed by atoms with van der Waals surface area (Å²) >= 11 is 4.77. The molecular formula is C9H11BrN2O2S. The van der Waals surface area contributed by atoms with Crippen molar-refractivity contribution in [2.24, 2.45) is 0 Å². The highest BCUT2D eigenvalue weighted by Crippen LogP contribution is 2.32. The van der Waals surface area contributed by atoms with Gasteiger partial charge in [0.2, 0.25) is 0 Å². The van der Waals surface area contributed by atoms with E-state index in [9.17, 15) is 10.1 Å². The summed E-state index contributed by atoms with van der Waals surface area (Å²) in [5.74, 6) is 0. The Kier molecular flexibility index (Phi) is 4.12. The van der Waals surface area contributed by atoms with Crippen molar-refractivity contribution in [3.8, 4) is 0 Å².